The van der Waals surface area contributed by atoms with Gasteiger partial charge in [-0.1, -0.05) is 24.0 Å². The predicted octanol–water partition coefficient (Wildman–Crippen LogP) is 2.24. The average Bonchev–Trinajstić information content (AvgIpc) is 2.63. The normalized spacial score (nSPS) is 19.5. The molecule has 0 saturated carbocycles. The van der Waals surface area contributed by atoms with Crippen molar-refractivity contribution in [2.24, 2.45) is 0 Å². The maximum absolute atomic E-state index is 11.2. The molecule has 1 aromatic heterocycles. The van der Waals surface area contributed by atoms with Gasteiger partial charge in [-0.25, -0.2) is 0 Å². The third kappa shape index (κ3) is 1.99. The second-order valence-electron chi connectivity index (χ2n) is 2.41. The lowest BCUT2D eigenvalue weighted by atomic mass is 10.3. The molecule has 13 heavy (non-hydrogen) atoms. The van der Waals surface area contributed by atoms with Gasteiger partial charge in [-0.15, -0.1) is 0 Å². The Hall–Kier alpha value is -0.650. The number of amides is 1. The van der Waals surface area contributed by atoms with Crippen LogP contribution in [0.15, 0.2) is 21.7 Å². The standard InChI is InChI=1S/C8H5NOS3/c10-7-6(13-8(11)9-7)3-5-1-2-12-4-5/h1-4H,(H,9,10,11)/b6-3+. The van der Waals surface area contributed by atoms with Crippen molar-refractivity contribution in [3.05, 3.63) is 27.3 Å². The molecule has 0 spiro atoms. The number of thiophene rings is 1. The van der Waals surface area contributed by atoms with Crippen molar-refractivity contribution >= 4 is 51.6 Å². The van der Waals surface area contributed by atoms with Gasteiger partial charge in [0.1, 0.15) is 4.32 Å². The van der Waals surface area contributed by atoms with Gasteiger partial charge in [-0.3, -0.25) is 4.79 Å². The molecular weight excluding hydrogens is 222 g/mol. The van der Waals surface area contributed by atoms with E-state index in [0.717, 1.165) is 5.56 Å². The molecule has 0 radical (unpaired) electrons. The van der Waals surface area contributed by atoms with E-state index < -0.39 is 0 Å². The highest BCUT2D eigenvalue weighted by Gasteiger charge is 2.21. The molecule has 1 fully saturated rings. The van der Waals surface area contributed by atoms with Crippen LogP contribution in [-0.4, -0.2) is 10.2 Å². The molecule has 2 nitrogen and oxygen atoms in total. The van der Waals surface area contributed by atoms with E-state index in [9.17, 15) is 4.79 Å². The lowest BCUT2D eigenvalue weighted by Crippen LogP contribution is -2.17. The highest BCUT2D eigenvalue weighted by Crippen LogP contribution is 2.26. The van der Waals surface area contributed by atoms with Gasteiger partial charge in [-0.05, 0) is 28.5 Å². The fraction of sp³-hybridized carbons (Fsp3) is 0. The fourth-order valence-corrected chi connectivity index (χ4v) is 2.59. The van der Waals surface area contributed by atoms with Crippen LogP contribution in [0, 0.1) is 0 Å². The van der Waals surface area contributed by atoms with Crippen LogP contribution in [0.2, 0.25) is 0 Å². The van der Waals surface area contributed by atoms with Crippen molar-refractivity contribution in [3.8, 4) is 0 Å². The third-order valence-corrected chi connectivity index (χ3v) is 3.35. The number of hydrogen-bond acceptors (Lipinski definition) is 4. The number of carbonyl (C=O) groups excluding carboxylic acids is 1. The minimum absolute atomic E-state index is 0.0961. The van der Waals surface area contributed by atoms with E-state index in [0.29, 0.717) is 9.23 Å². The number of carbonyl (C=O) groups is 1. The molecule has 0 bridgehead atoms. The monoisotopic (exact) mass is 227 g/mol. The molecule has 66 valence electrons. The first kappa shape index (κ1) is 8.93. The summed E-state index contributed by atoms with van der Waals surface area (Å²) in [5.74, 6) is -0.0961. The van der Waals surface area contributed by atoms with Gasteiger partial charge in [0.15, 0.2) is 0 Å². The first-order chi connectivity index (χ1) is 6.25. The van der Waals surface area contributed by atoms with E-state index in [4.69, 9.17) is 12.2 Å². The van der Waals surface area contributed by atoms with E-state index >= 15 is 0 Å². The third-order valence-electron chi connectivity index (χ3n) is 1.48. The van der Waals surface area contributed by atoms with Crippen molar-refractivity contribution in [1.82, 2.24) is 5.32 Å². The lowest BCUT2D eigenvalue weighted by molar-refractivity contribution is -0.115. The Labute approximate surface area is 89.0 Å². The fourth-order valence-electron chi connectivity index (χ4n) is 0.930. The molecule has 0 aromatic carbocycles. The second kappa shape index (κ2) is 3.61. The van der Waals surface area contributed by atoms with E-state index in [1.54, 1.807) is 11.3 Å². The quantitative estimate of drug-likeness (QED) is 0.589. The molecule has 1 aliphatic rings. The SMILES string of the molecule is O=C1NC(=S)S/C1=C/c1ccsc1. The molecule has 2 rings (SSSR count). The Balaban J connectivity index is 2.27. The Kier molecular flexibility index (Phi) is 2.48. The van der Waals surface area contributed by atoms with Gasteiger partial charge in [0.25, 0.3) is 5.91 Å². The van der Waals surface area contributed by atoms with Gasteiger partial charge in [0.2, 0.25) is 0 Å². The van der Waals surface area contributed by atoms with Crippen LogP contribution in [-0.2, 0) is 4.79 Å². The van der Waals surface area contributed by atoms with Crippen LogP contribution in [0.5, 0.6) is 0 Å². The van der Waals surface area contributed by atoms with Crippen molar-refractivity contribution < 1.29 is 4.79 Å². The largest absolute Gasteiger partial charge is 0.307 e. The summed E-state index contributed by atoms with van der Waals surface area (Å²) in [7, 11) is 0. The minimum Gasteiger partial charge on any atom is -0.307 e. The maximum atomic E-state index is 11.2. The van der Waals surface area contributed by atoms with Crippen LogP contribution in [0.3, 0.4) is 0 Å². The molecule has 1 saturated heterocycles. The summed E-state index contributed by atoms with van der Waals surface area (Å²) in [6.45, 7) is 0. The summed E-state index contributed by atoms with van der Waals surface area (Å²) in [4.78, 5) is 11.9. The van der Waals surface area contributed by atoms with Crippen LogP contribution in [0.25, 0.3) is 6.08 Å². The second-order valence-corrected chi connectivity index (χ2v) is 4.91. The number of hydrogen-bond donors (Lipinski definition) is 1. The molecule has 0 aliphatic carbocycles. The number of thiocarbonyl (C=S) groups is 1. The highest BCUT2D eigenvalue weighted by atomic mass is 32.2. The van der Waals surface area contributed by atoms with Crippen LogP contribution < -0.4 is 5.32 Å². The van der Waals surface area contributed by atoms with Gasteiger partial charge in [-0.2, -0.15) is 11.3 Å². The van der Waals surface area contributed by atoms with Gasteiger partial charge in [0, 0.05) is 0 Å². The Morgan fingerprint density at radius 2 is 2.38 bits per heavy atom. The summed E-state index contributed by atoms with van der Waals surface area (Å²) in [5, 5.41) is 6.53. The summed E-state index contributed by atoms with van der Waals surface area (Å²) < 4.78 is 0.534. The van der Waals surface area contributed by atoms with E-state index in [-0.39, 0.29) is 5.91 Å². The first-order valence-corrected chi connectivity index (χ1v) is 5.69. The molecule has 5 heteroatoms. The Bertz CT molecular complexity index is 380. The maximum Gasteiger partial charge on any atom is 0.263 e. The summed E-state index contributed by atoms with van der Waals surface area (Å²) in [6.07, 6.45) is 1.84. The average molecular weight is 227 g/mol. The van der Waals surface area contributed by atoms with Crippen LogP contribution >= 0.6 is 35.3 Å². The van der Waals surface area contributed by atoms with Crippen molar-refractivity contribution in [1.29, 1.82) is 0 Å². The van der Waals surface area contributed by atoms with Gasteiger partial charge >= 0.3 is 0 Å². The molecule has 1 N–H and O–H groups in total. The smallest absolute Gasteiger partial charge is 0.263 e. The highest BCUT2D eigenvalue weighted by molar-refractivity contribution is 8.26. The van der Waals surface area contributed by atoms with E-state index in [1.165, 1.54) is 11.8 Å². The zero-order chi connectivity index (χ0) is 9.26. The van der Waals surface area contributed by atoms with E-state index in [1.807, 2.05) is 22.9 Å². The zero-order valence-electron chi connectivity index (χ0n) is 6.44. The van der Waals surface area contributed by atoms with Gasteiger partial charge < -0.3 is 5.32 Å². The minimum atomic E-state index is -0.0961. The topological polar surface area (TPSA) is 29.1 Å². The van der Waals surface area contributed by atoms with Crippen molar-refractivity contribution in [2.45, 2.75) is 0 Å². The molecular formula is C8H5NOS3. The van der Waals surface area contributed by atoms with Crippen LogP contribution in [0.4, 0.5) is 0 Å². The molecule has 0 unspecified atom stereocenters. The molecule has 0 atom stereocenters. The number of rotatable bonds is 1. The predicted molar refractivity (Wildman–Crippen MR) is 60.6 cm³/mol. The molecule has 1 amide bonds. The van der Waals surface area contributed by atoms with Gasteiger partial charge in [0.05, 0.1) is 4.91 Å². The molecule has 1 aliphatic heterocycles. The number of nitrogens with one attached hydrogen (secondary N) is 1. The number of thioether (sulfide) groups is 1. The first-order valence-electron chi connectivity index (χ1n) is 3.53. The lowest BCUT2D eigenvalue weighted by Gasteiger charge is -1.88. The summed E-state index contributed by atoms with van der Waals surface area (Å²) in [5.41, 5.74) is 1.05. The summed E-state index contributed by atoms with van der Waals surface area (Å²) in [6, 6.07) is 1.97. The zero-order valence-corrected chi connectivity index (χ0v) is 8.89. The van der Waals surface area contributed by atoms with Crippen molar-refractivity contribution in [3.63, 3.8) is 0 Å². The molecule has 1 aromatic rings. The Morgan fingerprint density at radius 3 is 2.92 bits per heavy atom. The summed E-state index contributed by atoms with van der Waals surface area (Å²) >= 11 is 7.78. The van der Waals surface area contributed by atoms with Crippen LogP contribution in [0.1, 0.15) is 5.56 Å². The van der Waals surface area contributed by atoms with Crippen molar-refractivity contribution in [2.75, 3.05) is 0 Å². The Morgan fingerprint density at radius 1 is 1.54 bits per heavy atom. The van der Waals surface area contributed by atoms with E-state index in [2.05, 4.69) is 5.32 Å². The molecule has 2 heterocycles.